The van der Waals surface area contributed by atoms with Gasteiger partial charge in [0.2, 0.25) is 0 Å². The summed E-state index contributed by atoms with van der Waals surface area (Å²) in [5.41, 5.74) is 0.917. The van der Waals surface area contributed by atoms with Crippen LogP contribution in [-0.2, 0) is 0 Å². The van der Waals surface area contributed by atoms with Crippen molar-refractivity contribution in [1.82, 2.24) is 0 Å². The first-order valence-corrected chi connectivity index (χ1v) is 7.70. The standard InChI is InChI=1S/C11H6Br2Cl2S/c12-7-3-1-2-6(9(7)14)10(15)11-8(13)4-5-16-11/h1-5,10H. The van der Waals surface area contributed by atoms with E-state index in [1.807, 2.05) is 29.6 Å². The average molecular weight is 401 g/mol. The topological polar surface area (TPSA) is 0 Å². The van der Waals surface area contributed by atoms with Crippen molar-refractivity contribution in [1.29, 1.82) is 0 Å². The lowest BCUT2D eigenvalue weighted by molar-refractivity contribution is 1.17. The van der Waals surface area contributed by atoms with Crippen molar-refractivity contribution in [3.8, 4) is 0 Å². The summed E-state index contributed by atoms with van der Waals surface area (Å²) < 4.78 is 1.89. The first-order chi connectivity index (χ1) is 7.61. The molecular formula is C11H6Br2Cl2S. The monoisotopic (exact) mass is 398 g/mol. The van der Waals surface area contributed by atoms with Gasteiger partial charge in [-0.3, -0.25) is 0 Å². The van der Waals surface area contributed by atoms with Crippen LogP contribution in [-0.4, -0.2) is 0 Å². The molecule has 0 saturated carbocycles. The fraction of sp³-hybridized carbons (Fsp3) is 0.0909. The van der Waals surface area contributed by atoms with E-state index in [1.54, 1.807) is 11.3 Å². The Balaban J connectivity index is 2.46. The maximum absolute atomic E-state index is 6.43. The molecule has 0 radical (unpaired) electrons. The summed E-state index contributed by atoms with van der Waals surface area (Å²) in [5, 5.41) is 2.45. The first-order valence-electron chi connectivity index (χ1n) is 4.42. The molecule has 0 N–H and O–H groups in total. The highest BCUT2D eigenvalue weighted by Gasteiger charge is 2.18. The van der Waals surface area contributed by atoms with Crippen LogP contribution in [0.4, 0.5) is 0 Å². The third-order valence-electron chi connectivity index (χ3n) is 2.13. The summed E-state index contributed by atoms with van der Waals surface area (Å²) in [6, 6.07) is 7.76. The van der Waals surface area contributed by atoms with Gasteiger partial charge in [-0.15, -0.1) is 22.9 Å². The van der Waals surface area contributed by atoms with Crippen molar-refractivity contribution in [3.63, 3.8) is 0 Å². The molecule has 0 spiro atoms. The molecule has 84 valence electrons. The molecule has 0 saturated heterocycles. The van der Waals surface area contributed by atoms with Crippen LogP contribution in [0, 0.1) is 0 Å². The van der Waals surface area contributed by atoms with E-state index < -0.39 is 0 Å². The molecule has 1 aromatic carbocycles. The SMILES string of the molecule is Clc1c(Br)cccc1C(Cl)c1sccc1Br. The van der Waals surface area contributed by atoms with Gasteiger partial charge in [-0.2, -0.15) is 0 Å². The predicted molar refractivity (Wildman–Crippen MR) is 78.9 cm³/mol. The highest BCUT2D eigenvalue weighted by atomic mass is 79.9. The smallest absolute Gasteiger partial charge is 0.0953 e. The molecule has 1 unspecified atom stereocenters. The number of hydrogen-bond donors (Lipinski definition) is 0. The number of thiophene rings is 1. The first kappa shape index (κ1) is 12.9. The van der Waals surface area contributed by atoms with Gasteiger partial charge in [-0.05, 0) is 54.9 Å². The van der Waals surface area contributed by atoms with Crippen molar-refractivity contribution in [2.45, 2.75) is 5.38 Å². The van der Waals surface area contributed by atoms with E-state index in [9.17, 15) is 0 Å². The van der Waals surface area contributed by atoms with Crippen molar-refractivity contribution in [3.05, 3.63) is 54.1 Å². The van der Waals surface area contributed by atoms with Gasteiger partial charge in [0.15, 0.2) is 0 Å². The summed E-state index contributed by atoms with van der Waals surface area (Å²) >= 11 is 21.1. The lowest BCUT2D eigenvalue weighted by Crippen LogP contribution is -1.92. The molecule has 2 aromatic rings. The molecule has 1 heterocycles. The van der Waals surface area contributed by atoms with Crippen LogP contribution >= 0.6 is 66.4 Å². The Labute approximate surface area is 125 Å². The molecule has 5 heteroatoms. The molecule has 16 heavy (non-hydrogen) atoms. The van der Waals surface area contributed by atoms with E-state index in [0.29, 0.717) is 5.02 Å². The van der Waals surface area contributed by atoms with Gasteiger partial charge in [-0.25, -0.2) is 0 Å². The van der Waals surface area contributed by atoms with Crippen molar-refractivity contribution < 1.29 is 0 Å². The number of alkyl halides is 1. The fourth-order valence-corrected chi connectivity index (χ4v) is 4.20. The van der Waals surface area contributed by atoms with Crippen LogP contribution in [0.5, 0.6) is 0 Å². The molecular weight excluding hydrogens is 395 g/mol. The Morgan fingerprint density at radius 1 is 1.12 bits per heavy atom. The minimum Gasteiger partial charge on any atom is -0.146 e. The molecule has 0 fully saturated rings. The number of rotatable bonds is 2. The Kier molecular flexibility index (Phi) is 4.36. The normalized spacial score (nSPS) is 12.8. The van der Waals surface area contributed by atoms with Gasteiger partial charge in [0.1, 0.15) is 0 Å². The largest absolute Gasteiger partial charge is 0.146 e. The van der Waals surface area contributed by atoms with E-state index in [4.69, 9.17) is 23.2 Å². The quantitative estimate of drug-likeness (QED) is 0.522. The van der Waals surface area contributed by atoms with E-state index in [0.717, 1.165) is 19.4 Å². The van der Waals surface area contributed by atoms with Crippen LogP contribution < -0.4 is 0 Å². The van der Waals surface area contributed by atoms with Gasteiger partial charge in [-0.1, -0.05) is 23.7 Å². The minimum atomic E-state index is -0.223. The predicted octanol–water partition coefficient (Wildman–Crippen LogP) is 6.25. The third-order valence-corrected chi connectivity index (χ3v) is 5.96. The second-order valence-corrected chi connectivity index (χ2v) is 6.61. The van der Waals surface area contributed by atoms with E-state index in [1.165, 1.54) is 0 Å². The fourth-order valence-electron chi connectivity index (χ4n) is 1.34. The minimum absolute atomic E-state index is 0.223. The van der Waals surface area contributed by atoms with Crippen LogP contribution in [0.2, 0.25) is 5.02 Å². The second-order valence-electron chi connectivity index (χ2n) is 3.14. The van der Waals surface area contributed by atoms with Gasteiger partial charge < -0.3 is 0 Å². The molecule has 1 atom stereocenters. The van der Waals surface area contributed by atoms with Crippen molar-refractivity contribution in [2.75, 3.05) is 0 Å². The van der Waals surface area contributed by atoms with Crippen LogP contribution in [0.1, 0.15) is 15.8 Å². The Hall–Kier alpha value is 0.460. The van der Waals surface area contributed by atoms with Crippen molar-refractivity contribution in [2.24, 2.45) is 0 Å². The Morgan fingerprint density at radius 2 is 1.88 bits per heavy atom. The summed E-state index contributed by atoms with van der Waals surface area (Å²) in [6.45, 7) is 0. The summed E-state index contributed by atoms with van der Waals surface area (Å²) in [6.07, 6.45) is 0. The molecule has 0 aliphatic rings. The average Bonchev–Trinajstić information content (AvgIpc) is 2.68. The lowest BCUT2D eigenvalue weighted by Gasteiger charge is -2.11. The van der Waals surface area contributed by atoms with Gasteiger partial charge in [0, 0.05) is 13.8 Å². The molecule has 1 aromatic heterocycles. The van der Waals surface area contributed by atoms with E-state index >= 15 is 0 Å². The molecule has 0 aliphatic heterocycles. The maximum atomic E-state index is 6.43. The molecule has 0 amide bonds. The lowest BCUT2D eigenvalue weighted by atomic mass is 10.1. The number of halogens is 4. The number of benzene rings is 1. The highest BCUT2D eigenvalue weighted by molar-refractivity contribution is 9.10. The summed E-state index contributed by atoms with van der Waals surface area (Å²) in [5.74, 6) is 0. The molecule has 0 nitrogen and oxygen atoms in total. The van der Waals surface area contributed by atoms with Crippen LogP contribution in [0.15, 0.2) is 38.6 Å². The van der Waals surface area contributed by atoms with Gasteiger partial charge in [0.05, 0.1) is 10.4 Å². The maximum Gasteiger partial charge on any atom is 0.0953 e. The second kappa shape index (κ2) is 5.40. The highest BCUT2D eigenvalue weighted by Crippen LogP contribution is 2.41. The third kappa shape index (κ3) is 2.49. The zero-order valence-corrected chi connectivity index (χ0v) is 13.4. The van der Waals surface area contributed by atoms with Crippen molar-refractivity contribution >= 4 is 66.4 Å². The zero-order chi connectivity index (χ0) is 11.7. The van der Waals surface area contributed by atoms with E-state index in [-0.39, 0.29) is 5.38 Å². The molecule has 0 aliphatic carbocycles. The molecule has 0 bridgehead atoms. The van der Waals surface area contributed by atoms with Gasteiger partial charge >= 0.3 is 0 Å². The van der Waals surface area contributed by atoms with E-state index in [2.05, 4.69) is 31.9 Å². The number of hydrogen-bond acceptors (Lipinski definition) is 1. The van der Waals surface area contributed by atoms with Gasteiger partial charge in [0.25, 0.3) is 0 Å². The van der Waals surface area contributed by atoms with Crippen LogP contribution in [0.3, 0.4) is 0 Å². The van der Waals surface area contributed by atoms with Crippen LogP contribution in [0.25, 0.3) is 0 Å². The molecule has 2 rings (SSSR count). The summed E-state index contributed by atoms with van der Waals surface area (Å²) in [4.78, 5) is 1.07. The summed E-state index contributed by atoms with van der Waals surface area (Å²) in [7, 11) is 0. The Morgan fingerprint density at radius 3 is 2.50 bits per heavy atom. The zero-order valence-electron chi connectivity index (χ0n) is 7.88. The Bertz CT molecular complexity index is 510.